The molecule has 1 unspecified atom stereocenters. The number of ether oxygens (including phenoxy) is 1. The molecule has 0 saturated heterocycles. The van der Waals surface area contributed by atoms with Crippen molar-refractivity contribution in [1.29, 1.82) is 0 Å². The van der Waals surface area contributed by atoms with Gasteiger partial charge in [-0.15, -0.1) is 0 Å². The van der Waals surface area contributed by atoms with Crippen molar-refractivity contribution in [2.45, 2.75) is 6.92 Å². The summed E-state index contributed by atoms with van der Waals surface area (Å²) < 4.78 is 4.67. The molecule has 2 aromatic carbocycles. The van der Waals surface area contributed by atoms with Crippen molar-refractivity contribution in [3.05, 3.63) is 60.7 Å². The Morgan fingerprint density at radius 2 is 1.33 bits per heavy atom. The number of esters is 1. The van der Waals surface area contributed by atoms with Gasteiger partial charge < -0.3 is 4.74 Å². The average Bonchev–Trinajstić information content (AvgIpc) is 2.55. The van der Waals surface area contributed by atoms with E-state index in [-0.39, 0.29) is 5.91 Å². The lowest BCUT2D eigenvalue weighted by molar-refractivity contribution is -0.148. The maximum atomic E-state index is 12.7. The minimum Gasteiger partial charge on any atom is -0.468 e. The first-order valence-electron chi connectivity index (χ1n) is 6.67. The van der Waals surface area contributed by atoms with Gasteiger partial charge in [0.25, 0.3) is 0 Å². The third-order valence-electron chi connectivity index (χ3n) is 3.17. The normalized spacial score (nSPS) is 11.5. The molecular weight excluding hydrogens is 266 g/mol. The monoisotopic (exact) mass is 283 g/mol. The van der Waals surface area contributed by atoms with Crippen LogP contribution in [0.15, 0.2) is 60.7 Å². The van der Waals surface area contributed by atoms with Gasteiger partial charge in [0, 0.05) is 11.4 Å². The Balaban J connectivity index is 2.42. The predicted molar refractivity (Wildman–Crippen MR) is 81.2 cm³/mol. The summed E-state index contributed by atoms with van der Waals surface area (Å²) in [5, 5.41) is 0. The molecule has 108 valence electrons. The van der Waals surface area contributed by atoms with E-state index in [1.165, 1.54) is 12.0 Å². The van der Waals surface area contributed by atoms with Crippen LogP contribution < -0.4 is 4.90 Å². The SMILES string of the molecule is COC(=O)C(C)C(=O)N(c1ccccc1)c1ccccc1. The number of carbonyl (C=O) groups is 2. The molecule has 0 N–H and O–H groups in total. The van der Waals surface area contributed by atoms with E-state index >= 15 is 0 Å². The highest BCUT2D eigenvalue weighted by atomic mass is 16.5. The van der Waals surface area contributed by atoms with Crippen molar-refractivity contribution in [1.82, 2.24) is 0 Å². The fraction of sp³-hybridized carbons (Fsp3) is 0.176. The van der Waals surface area contributed by atoms with Crippen LogP contribution in [0.4, 0.5) is 11.4 Å². The summed E-state index contributed by atoms with van der Waals surface area (Å²) >= 11 is 0. The van der Waals surface area contributed by atoms with Gasteiger partial charge in [0.2, 0.25) is 5.91 Å². The van der Waals surface area contributed by atoms with Crippen LogP contribution in [0.2, 0.25) is 0 Å². The first kappa shape index (κ1) is 14.8. The Labute approximate surface area is 124 Å². The highest BCUT2D eigenvalue weighted by molar-refractivity contribution is 6.09. The van der Waals surface area contributed by atoms with Crippen molar-refractivity contribution < 1.29 is 14.3 Å². The van der Waals surface area contributed by atoms with E-state index < -0.39 is 11.9 Å². The minimum atomic E-state index is -0.865. The summed E-state index contributed by atoms with van der Waals surface area (Å²) in [4.78, 5) is 25.8. The third-order valence-corrected chi connectivity index (χ3v) is 3.17. The fourth-order valence-corrected chi connectivity index (χ4v) is 2.03. The van der Waals surface area contributed by atoms with Crippen LogP contribution in [-0.4, -0.2) is 19.0 Å². The largest absolute Gasteiger partial charge is 0.468 e. The molecule has 0 spiro atoms. The highest BCUT2D eigenvalue weighted by Gasteiger charge is 2.29. The molecule has 21 heavy (non-hydrogen) atoms. The van der Waals surface area contributed by atoms with E-state index in [9.17, 15) is 9.59 Å². The molecule has 0 aliphatic heterocycles. The zero-order chi connectivity index (χ0) is 15.2. The Morgan fingerprint density at radius 3 is 1.71 bits per heavy atom. The number of carbonyl (C=O) groups excluding carboxylic acids is 2. The predicted octanol–water partition coefficient (Wildman–Crippen LogP) is 3.16. The Kier molecular flexibility index (Phi) is 4.72. The lowest BCUT2D eigenvalue weighted by Gasteiger charge is -2.25. The van der Waals surface area contributed by atoms with E-state index in [2.05, 4.69) is 4.74 Å². The van der Waals surface area contributed by atoms with E-state index in [0.29, 0.717) is 11.4 Å². The van der Waals surface area contributed by atoms with E-state index in [1.54, 1.807) is 6.92 Å². The van der Waals surface area contributed by atoms with Crippen molar-refractivity contribution in [2.24, 2.45) is 5.92 Å². The number of benzene rings is 2. The number of hydrogen-bond acceptors (Lipinski definition) is 3. The highest BCUT2D eigenvalue weighted by Crippen LogP contribution is 2.27. The van der Waals surface area contributed by atoms with Gasteiger partial charge in [-0.1, -0.05) is 36.4 Å². The van der Waals surface area contributed by atoms with Gasteiger partial charge >= 0.3 is 5.97 Å². The second kappa shape index (κ2) is 6.70. The van der Waals surface area contributed by atoms with Gasteiger partial charge in [-0.05, 0) is 31.2 Å². The summed E-state index contributed by atoms with van der Waals surface area (Å²) in [7, 11) is 1.28. The lowest BCUT2D eigenvalue weighted by Crippen LogP contribution is -2.35. The molecule has 0 aromatic heterocycles. The summed E-state index contributed by atoms with van der Waals surface area (Å²) in [5.74, 6) is -1.73. The Bertz CT molecular complexity index is 571. The second-order valence-electron chi connectivity index (χ2n) is 4.59. The maximum Gasteiger partial charge on any atom is 0.317 e. The van der Waals surface area contributed by atoms with Crippen molar-refractivity contribution in [3.63, 3.8) is 0 Å². The number of hydrogen-bond donors (Lipinski definition) is 0. The minimum absolute atomic E-state index is 0.320. The average molecular weight is 283 g/mol. The smallest absolute Gasteiger partial charge is 0.317 e. The summed E-state index contributed by atoms with van der Waals surface area (Å²) in [6, 6.07) is 18.5. The molecule has 2 aromatic rings. The van der Waals surface area contributed by atoms with Crippen LogP contribution in [0.5, 0.6) is 0 Å². The molecule has 1 amide bonds. The number of nitrogens with zero attached hydrogens (tertiary/aromatic N) is 1. The number of rotatable bonds is 4. The molecule has 2 rings (SSSR count). The van der Waals surface area contributed by atoms with Gasteiger partial charge in [0.1, 0.15) is 5.92 Å². The molecule has 1 atom stereocenters. The summed E-state index contributed by atoms with van der Waals surface area (Å²) in [5.41, 5.74) is 1.42. The van der Waals surface area contributed by atoms with Crippen molar-refractivity contribution in [2.75, 3.05) is 12.0 Å². The molecule has 0 bridgehead atoms. The van der Waals surface area contributed by atoms with Crippen LogP contribution in [0.1, 0.15) is 6.92 Å². The van der Waals surface area contributed by atoms with Gasteiger partial charge in [-0.25, -0.2) is 0 Å². The van der Waals surface area contributed by atoms with Crippen LogP contribution in [0.3, 0.4) is 0 Å². The van der Waals surface area contributed by atoms with Crippen LogP contribution in [0.25, 0.3) is 0 Å². The molecule has 4 heteroatoms. The molecule has 4 nitrogen and oxygen atoms in total. The standard InChI is InChI=1S/C17H17NO3/c1-13(17(20)21-2)16(19)18(14-9-5-3-6-10-14)15-11-7-4-8-12-15/h3-13H,1-2H3. The zero-order valence-electron chi connectivity index (χ0n) is 12.0. The molecule has 0 aliphatic carbocycles. The third kappa shape index (κ3) is 3.28. The van der Waals surface area contributed by atoms with Crippen LogP contribution >= 0.6 is 0 Å². The van der Waals surface area contributed by atoms with Gasteiger partial charge in [-0.3, -0.25) is 14.5 Å². The molecule has 0 heterocycles. The Hall–Kier alpha value is -2.62. The summed E-state index contributed by atoms with van der Waals surface area (Å²) in [6.45, 7) is 1.55. The molecular formula is C17H17NO3. The quantitative estimate of drug-likeness (QED) is 0.639. The number of anilines is 2. The number of para-hydroxylation sites is 2. The van der Waals surface area contributed by atoms with E-state index in [1.807, 2.05) is 60.7 Å². The van der Waals surface area contributed by atoms with E-state index in [0.717, 1.165) is 0 Å². The van der Waals surface area contributed by atoms with Crippen molar-refractivity contribution in [3.8, 4) is 0 Å². The Morgan fingerprint density at radius 1 is 0.905 bits per heavy atom. The van der Waals surface area contributed by atoms with E-state index in [4.69, 9.17) is 0 Å². The second-order valence-corrected chi connectivity index (χ2v) is 4.59. The van der Waals surface area contributed by atoms with Gasteiger partial charge in [-0.2, -0.15) is 0 Å². The first-order valence-corrected chi connectivity index (χ1v) is 6.67. The zero-order valence-corrected chi connectivity index (χ0v) is 12.0. The van der Waals surface area contributed by atoms with Gasteiger partial charge in [0.05, 0.1) is 7.11 Å². The summed E-state index contributed by atoms with van der Waals surface area (Å²) in [6.07, 6.45) is 0. The number of methoxy groups -OCH3 is 1. The molecule has 0 saturated carbocycles. The molecule has 0 radical (unpaired) electrons. The van der Waals surface area contributed by atoms with Crippen LogP contribution in [0, 0.1) is 5.92 Å². The van der Waals surface area contributed by atoms with Crippen LogP contribution in [-0.2, 0) is 14.3 Å². The lowest BCUT2D eigenvalue weighted by atomic mass is 10.1. The molecule has 0 aliphatic rings. The fourth-order valence-electron chi connectivity index (χ4n) is 2.03. The topological polar surface area (TPSA) is 46.6 Å². The van der Waals surface area contributed by atoms with Gasteiger partial charge in [0.15, 0.2) is 0 Å². The first-order chi connectivity index (χ1) is 10.1. The molecule has 0 fully saturated rings. The maximum absolute atomic E-state index is 12.7. The van der Waals surface area contributed by atoms with Crippen molar-refractivity contribution >= 4 is 23.3 Å². The number of amides is 1.